The van der Waals surface area contributed by atoms with Crippen LogP contribution in [0, 0.1) is 5.82 Å². The third-order valence-electron chi connectivity index (χ3n) is 3.55. The van der Waals surface area contributed by atoms with Gasteiger partial charge in [-0.2, -0.15) is 0 Å². The van der Waals surface area contributed by atoms with Crippen molar-refractivity contribution >= 4 is 6.08 Å². The summed E-state index contributed by atoms with van der Waals surface area (Å²) in [6.07, 6.45) is 3.94. The molecule has 1 N–H and O–H groups in total. The van der Waals surface area contributed by atoms with Gasteiger partial charge in [0.25, 0.3) is 0 Å². The molecule has 1 aromatic carbocycles. The number of hydrogen-bond donors (Lipinski definition) is 1. The monoisotopic (exact) mass is 219 g/mol. The number of nitrogens with one attached hydrogen (secondary N) is 1. The number of rotatable bonds is 2. The van der Waals surface area contributed by atoms with Crippen LogP contribution in [0.3, 0.4) is 0 Å². The molecule has 0 amide bonds. The van der Waals surface area contributed by atoms with Gasteiger partial charge >= 0.3 is 0 Å². The Kier molecular flexibility index (Phi) is 2.85. The summed E-state index contributed by atoms with van der Waals surface area (Å²) in [6, 6.07) is 5.33. The predicted octanol–water partition coefficient (Wildman–Crippen LogP) is 3.15. The van der Waals surface area contributed by atoms with E-state index in [2.05, 4.69) is 19.2 Å². The van der Waals surface area contributed by atoms with E-state index < -0.39 is 0 Å². The van der Waals surface area contributed by atoms with Gasteiger partial charge in [-0.15, -0.1) is 0 Å². The molecule has 0 unspecified atom stereocenters. The third kappa shape index (κ3) is 1.90. The fourth-order valence-electron chi connectivity index (χ4n) is 2.13. The maximum Gasteiger partial charge on any atom is 0.130 e. The van der Waals surface area contributed by atoms with Crippen LogP contribution in [0.5, 0.6) is 0 Å². The van der Waals surface area contributed by atoms with Crippen molar-refractivity contribution in [1.29, 1.82) is 0 Å². The summed E-state index contributed by atoms with van der Waals surface area (Å²) < 4.78 is 13.7. The van der Waals surface area contributed by atoms with Crippen molar-refractivity contribution < 1.29 is 4.39 Å². The van der Waals surface area contributed by atoms with E-state index >= 15 is 0 Å². The highest BCUT2D eigenvalue weighted by atomic mass is 19.1. The zero-order valence-corrected chi connectivity index (χ0v) is 10.1. The topological polar surface area (TPSA) is 12.0 Å². The molecule has 0 aromatic heterocycles. The van der Waals surface area contributed by atoms with E-state index in [-0.39, 0.29) is 11.4 Å². The number of halogens is 1. The molecule has 16 heavy (non-hydrogen) atoms. The van der Waals surface area contributed by atoms with Crippen molar-refractivity contribution in [3.8, 4) is 0 Å². The average Bonchev–Trinajstić information content (AvgIpc) is 2.29. The average molecular weight is 219 g/mol. The van der Waals surface area contributed by atoms with Gasteiger partial charge < -0.3 is 5.32 Å². The lowest BCUT2D eigenvalue weighted by Gasteiger charge is -2.30. The Hall–Kier alpha value is -1.15. The van der Waals surface area contributed by atoms with E-state index in [4.69, 9.17) is 0 Å². The van der Waals surface area contributed by atoms with Crippen LogP contribution in [0.2, 0.25) is 0 Å². The molecule has 2 heteroatoms. The Balaban J connectivity index is 2.45. The molecule has 2 rings (SSSR count). The van der Waals surface area contributed by atoms with E-state index in [1.807, 2.05) is 19.2 Å². The van der Waals surface area contributed by atoms with Gasteiger partial charge in [0.15, 0.2) is 0 Å². The molecule has 0 heterocycles. The Morgan fingerprint density at radius 1 is 1.25 bits per heavy atom. The van der Waals surface area contributed by atoms with Crippen LogP contribution < -0.4 is 5.32 Å². The SMILES string of the molecule is CNC(C)(C)C1=Cc2c(F)cccc2CC1. The van der Waals surface area contributed by atoms with Gasteiger partial charge in [0.2, 0.25) is 0 Å². The van der Waals surface area contributed by atoms with Gasteiger partial charge in [-0.25, -0.2) is 4.39 Å². The predicted molar refractivity (Wildman–Crippen MR) is 65.8 cm³/mol. The minimum absolute atomic E-state index is 0.0556. The van der Waals surface area contributed by atoms with E-state index in [0.29, 0.717) is 0 Å². The number of likely N-dealkylation sites (N-methyl/N-ethyl adjacent to an activating group) is 1. The zero-order valence-electron chi connectivity index (χ0n) is 10.1. The smallest absolute Gasteiger partial charge is 0.130 e. The largest absolute Gasteiger partial charge is 0.311 e. The molecule has 86 valence electrons. The number of benzene rings is 1. The van der Waals surface area contributed by atoms with Crippen molar-refractivity contribution in [1.82, 2.24) is 5.32 Å². The first-order valence-corrected chi connectivity index (χ1v) is 5.72. The minimum atomic E-state index is -0.110. The summed E-state index contributed by atoms with van der Waals surface area (Å²) in [5.41, 5.74) is 3.11. The van der Waals surface area contributed by atoms with Gasteiger partial charge in [-0.3, -0.25) is 0 Å². The highest BCUT2D eigenvalue weighted by molar-refractivity contribution is 5.62. The first kappa shape index (κ1) is 11.3. The molecular weight excluding hydrogens is 201 g/mol. The second kappa shape index (κ2) is 4.02. The highest BCUT2D eigenvalue weighted by Crippen LogP contribution is 2.31. The van der Waals surface area contributed by atoms with E-state index in [0.717, 1.165) is 24.0 Å². The fraction of sp³-hybridized carbons (Fsp3) is 0.429. The van der Waals surface area contributed by atoms with Gasteiger partial charge in [0.1, 0.15) is 5.82 Å². The first-order valence-electron chi connectivity index (χ1n) is 5.72. The molecule has 1 aliphatic carbocycles. The summed E-state index contributed by atoms with van der Waals surface area (Å²) in [7, 11) is 1.94. The summed E-state index contributed by atoms with van der Waals surface area (Å²) in [5, 5.41) is 3.27. The summed E-state index contributed by atoms with van der Waals surface area (Å²) in [4.78, 5) is 0. The summed E-state index contributed by atoms with van der Waals surface area (Å²) in [6.45, 7) is 4.26. The first-order chi connectivity index (χ1) is 7.54. The molecule has 1 aromatic rings. The van der Waals surface area contributed by atoms with Crippen molar-refractivity contribution in [2.24, 2.45) is 0 Å². The van der Waals surface area contributed by atoms with Crippen LogP contribution in [0.4, 0.5) is 4.39 Å². The Morgan fingerprint density at radius 3 is 2.69 bits per heavy atom. The standard InChI is InChI=1S/C14H18FN/c1-14(2,16-3)11-8-7-10-5-4-6-13(15)12(10)9-11/h4-6,9,16H,7-8H2,1-3H3. The molecule has 0 atom stereocenters. The second-order valence-corrected chi connectivity index (χ2v) is 4.86. The summed E-state index contributed by atoms with van der Waals surface area (Å²) in [5.74, 6) is -0.110. The maximum absolute atomic E-state index is 13.7. The zero-order chi connectivity index (χ0) is 11.8. The number of fused-ring (bicyclic) bond motifs is 1. The van der Waals surface area contributed by atoms with Gasteiger partial charge in [-0.05, 0) is 50.9 Å². The van der Waals surface area contributed by atoms with Crippen molar-refractivity contribution in [2.75, 3.05) is 7.05 Å². The van der Waals surface area contributed by atoms with E-state index in [1.54, 1.807) is 6.07 Å². The molecule has 1 nitrogen and oxygen atoms in total. The van der Waals surface area contributed by atoms with Crippen molar-refractivity contribution in [3.63, 3.8) is 0 Å². The van der Waals surface area contributed by atoms with Crippen LogP contribution in [0.1, 0.15) is 31.4 Å². The van der Waals surface area contributed by atoms with Crippen LogP contribution in [0.15, 0.2) is 23.8 Å². The van der Waals surface area contributed by atoms with Crippen LogP contribution in [-0.4, -0.2) is 12.6 Å². The Bertz CT molecular complexity index is 432. The molecule has 0 saturated heterocycles. The van der Waals surface area contributed by atoms with Gasteiger partial charge in [0.05, 0.1) is 0 Å². The van der Waals surface area contributed by atoms with Crippen LogP contribution in [-0.2, 0) is 6.42 Å². The molecule has 0 spiro atoms. The molecule has 0 fully saturated rings. The molecule has 0 bridgehead atoms. The quantitative estimate of drug-likeness (QED) is 0.805. The lowest BCUT2D eigenvalue weighted by Crippen LogP contribution is -2.38. The fourth-order valence-corrected chi connectivity index (χ4v) is 2.13. The number of aryl methyl sites for hydroxylation is 1. The molecule has 0 aliphatic heterocycles. The lowest BCUT2D eigenvalue weighted by molar-refractivity contribution is 0.480. The maximum atomic E-state index is 13.7. The van der Waals surface area contributed by atoms with E-state index in [1.165, 1.54) is 11.6 Å². The van der Waals surface area contributed by atoms with Crippen molar-refractivity contribution in [3.05, 3.63) is 40.7 Å². The second-order valence-electron chi connectivity index (χ2n) is 4.86. The van der Waals surface area contributed by atoms with Crippen LogP contribution >= 0.6 is 0 Å². The molecule has 1 aliphatic rings. The normalized spacial score (nSPS) is 15.6. The van der Waals surface area contributed by atoms with Crippen LogP contribution in [0.25, 0.3) is 6.08 Å². The molecular formula is C14H18FN. The highest BCUT2D eigenvalue weighted by Gasteiger charge is 2.24. The van der Waals surface area contributed by atoms with Gasteiger partial charge in [-0.1, -0.05) is 18.2 Å². The third-order valence-corrected chi connectivity index (χ3v) is 3.55. The van der Waals surface area contributed by atoms with Crippen molar-refractivity contribution in [2.45, 2.75) is 32.2 Å². The van der Waals surface area contributed by atoms with E-state index in [9.17, 15) is 4.39 Å². The Labute approximate surface area is 96.4 Å². The summed E-state index contributed by atoms with van der Waals surface area (Å²) >= 11 is 0. The number of hydrogen-bond acceptors (Lipinski definition) is 1. The lowest BCUT2D eigenvalue weighted by atomic mass is 9.83. The molecule has 0 saturated carbocycles. The minimum Gasteiger partial charge on any atom is -0.311 e. The van der Waals surface area contributed by atoms with Gasteiger partial charge in [0, 0.05) is 11.1 Å². The molecule has 0 radical (unpaired) electrons. The Morgan fingerprint density at radius 2 is 2.00 bits per heavy atom.